The number of nitrogens with one attached hydrogen (secondary N) is 1. The van der Waals surface area contributed by atoms with Crippen molar-refractivity contribution in [2.75, 3.05) is 0 Å². The third kappa shape index (κ3) is 2.11. The van der Waals surface area contributed by atoms with Crippen LogP contribution >= 0.6 is 0 Å². The number of H-pyrrole nitrogens is 1. The standard InChI is InChI=1S/C9H8N4O2/c14-7-2-1-6(3-8(7)15)4-10-9-11-5-12-13-9/h1-5,14-15H,(H,11,12,13). The van der Waals surface area contributed by atoms with Crippen molar-refractivity contribution in [3.63, 3.8) is 0 Å². The van der Waals surface area contributed by atoms with E-state index in [2.05, 4.69) is 20.2 Å². The third-order valence-corrected chi connectivity index (χ3v) is 1.74. The molecule has 1 heterocycles. The number of aliphatic imine (C=N–C) groups is 1. The van der Waals surface area contributed by atoms with E-state index < -0.39 is 0 Å². The van der Waals surface area contributed by atoms with Crippen LogP contribution in [0, 0.1) is 0 Å². The Morgan fingerprint density at radius 2 is 2.13 bits per heavy atom. The van der Waals surface area contributed by atoms with Gasteiger partial charge in [0.05, 0.1) is 0 Å². The zero-order chi connectivity index (χ0) is 10.7. The minimum Gasteiger partial charge on any atom is -0.504 e. The average Bonchev–Trinajstić information content (AvgIpc) is 2.73. The molecule has 1 aromatic carbocycles. The molecule has 6 nitrogen and oxygen atoms in total. The predicted molar refractivity (Wildman–Crippen MR) is 53.4 cm³/mol. The lowest BCUT2D eigenvalue weighted by Crippen LogP contribution is -1.80. The summed E-state index contributed by atoms with van der Waals surface area (Å²) in [6, 6.07) is 4.40. The van der Waals surface area contributed by atoms with E-state index in [0.717, 1.165) is 0 Å². The van der Waals surface area contributed by atoms with E-state index in [-0.39, 0.29) is 11.5 Å². The van der Waals surface area contributed by atoms with Crippen molar-refractivity contribution in [2.24, 2.45) is 4.99 Å². The number of aromatic nitrogens is 3. The zero-order valence-corrected chi connectivity index (χ0v) is 7.62. The van der Waals surface area contributed by atoms with Crippen molar-refractivity contribution in [1.29, 1.82) is 0 Å². The van der Waals surface area contributed by atoms with Gasteiger partial charge >= 0.3 is 0 Å². The Hall–Kier alpha value is -2.37. The lowest BCUT2D eigenvalue weighted by atomic mass is 10.2. The average molecular weight is 204 g/mol. The van der Waals surface area contributed by atoms with Gasteiger partial charge in [0, 0.05) is 6.21 Å². The third-order valence-electron chi connectivity index (χ3n) is 1.74. The molecule has 0 bridgehead atoms. The number of phenolic OH excluding ortho intramolecular Hbond substituents is 2. The van der Waals surface area contributed by atoms with Crippen molar-refractivity contribution in [2.45, 2.75) is 0 Å². The van der Waals surface area contributed by atoms with Gasteiger partial charge in [-0.05, 0) is 23.8 Å². The maximum atomic E-state index is 9.21. The van der Waals surface area contributed by atoms with Crippen LogP contribution in [0.1, 0.15) is 5.56 Å². The number of phenols is 2. The number of rotatable bonds is 2. The Labute approximate surface area is 85.0 Å². The van der Waals surface area contributed by atoms with E-state index in [9.17, 15) is 5.11 Å². The lowest BCUT2D eigenvalue weighted by molar-refractivity contribution is 0.403. The van der Waals surface area contributed by atoms with Crippen LogP contribution in [0.5, 0.6) is 11.5 Å². The van der Waals surface area contributed by atoms with Crippen molar-refractivity contribution in [3.05, 3.63) is 30.1 Å². The molecule has 1 aromatic heterocycles. The smallest absolute Gasteiger partial charge is 0.245 e. The first-order chi connectivity index (χ1) is 7.25. The summed E-state index contributed by atoms with van der Waals surface area (Å²) in [6.07, 6.45) is 2.85. The Kier molecular flexibility index (Phi) is 2.32. The fourth-order valence-electron chi connectivity index (χ4n) is 1.02. The molecule has 0 fully saturated rings. The van der Waals surface area contributed by atoms with E-state index in [1.807, 2.05) is 0 Å². The zero-order valence-electron chi connectivity index (χ0n) is 7.62. The number of aromatic amines is 1. The Morgan fingerprint density at radius 3 is 2.80 bits per heavy atom. The summed E-state index contributed by atoms with van der Waals surface area (Å²) in [4.78, 5) is 7.76. The van der Waals surface area contributed by atoms with Gasteiger partial charge in [-0.2, -0.15) is 10.1 Å². The summed E-state index contributed by atoms with van der Waals surface area (Å²) in [5.74, 6) is 0.0332. The van der Waals surface area contributed by atoms with Crippen LogP contribution in [0.15, 0.2) is 29.5 Å². The van der Waals surface area contributed by atoms with Gasteiger partial charge < -0.3 is 10.2 Å². The van der Waals surface area contributed by atoms with E-state index in [0.29, 0.717) is 11.5 Å². The number of nitrogens with zero attached hydrogens (tertiary/aromatic N) is 3. The van der Waals surface area contributed by atoms with Gasteiger partial charge in [-0.15, -0.1) is 0 Å². The maximum absolute atomic E-state index is 9.21. The minimum absolute atomic E-state index is 0.160. The van der Waals surface area contributed by atoms with E-state index in [4.69, 9.17) is 5.11 Å². The second kappa shape index (κ2) is 3.79. The molecule has 0 saturated heterocycles. The van der Waals surface area contributed by atoms with Crippen molar-refractivity contribution < 1.29 is 10.2 Å². The lowest BCUT2D eigenvalue weighted by Gasteiger charge is -1.97. The molecule has 0 aliphatic carbocycles. The molecule has 2 rings (SSSR count). The number of hydrogen-bond donors (Lipinski definition) is 3. The molecule has 6 heteroatoms. The van der Waals surface area contributed by atoms with Gasteiger partial charge in [-0.1, -0.05) is 0 Å². The molecule has 15 heavy (non-hydrogen) atoms. The molecule has 2 aromatic rings. The van der Waals surface area contributed by atoms with Gasteiger partial charge in [0.15, 0.2) is 11.5 Å². The molecule has 0 aliphatic heterocycles. The van der Waals surface area contributed by atoms with Crippen LogP contribution in [-0.2, 0) is 0 Å². The minimum atomic E-state index is -0.184. The van der Waals surface area contributed by atoms with Crippen molar-refractivity contribution in [3.8, 4) is 11.5 Å². The SMILES string of the molecule is Oc1ccc(C=Nc2ncn[nH]2)cc1O. The topological polar surface area (TPSA) is 94.4 Å². The first-order valence-corrected chi connectivity index (χ1v) is 4.17. The Morgan fingerprint density at radius 1 is 1.27 bits per heavy atom. The first kappa shape index (κ1) is 9.20. The Bertz CT molecular complexity index is 479. The Balaban J connectivity index is 2.21. The normalized spacial score (nSPS) is 10.9. The second-order valence-electron chi connectivity index (χ2n) is 2.82. The highest BCUT2D eigenvalue weighted by Crippen LogP contribution is 2.24. The van der Waals surface area contributed by atoms with Gasteiger partial charge in [-0.3, -0.25) is 0 Å². The molecule has 3 N–H and O–H groups in total. The molecule has 0 aliphatic rings. The number of benzene rings is 1. The summed E-state index contributed by atoms with van der Waals surface area (Å²) in [6.45, 7) is 0. The quantitative estimate of drug-likeness (QED) is 0.501. The van der Waals surface area contributed by atoms with Gasteiger partial charge in [0.25, 0.3) is 0 Å². The van der Waals surface area contributed by atoms with Crippen LogP contribution in [-0.4, -0.2) is 31.6 Å². The number of aromatic hydroxyl groups is 2. The maximum Gasteiger partial charge on any atom is 0.245 e. The van der Waals surface area contributed by atoms with Crippen LogP contribution in [0.4, 0.5) is 5.95 Å². The van der Waals surface area contributed by atoms with E-state index >= 15 is 0 Å². The molecule has 0 unspecified atom stereocenters. The molecule has 0 spiro atoms. The van der Waals surface area contributed by atoms with Crippen molar-refractivity contribution >= 4 is 12.2 Å². The van der Waals surface area contributed by atoms with Crippen molar-refractivity contribution in [1.82, 2.24) is 15.2 Å². The molecular weight excluding hydrogens is 196 g/mol. The fourth-order valence-corrected chi connectivity index (χ4v) is 1.02. The van der Waals surface area contributed by atoms with Gasteiger partial charge in [0.1, 0.15) is 6.33 Å². The van der Waals surface area contributed by atoms with Gasteiger partial charge in [-0.25, -0.2) is 10.1 Å². The van der Waals surface area contributed by atoms with Crippen LogP contribution in [0.25, 0.3) is 0 Å². The molecule has 0 radical (unpaired) electrons. The second-order valence-corrected chi connectivity index (χ2v) is 2.82. The highest BCUT2D eigenvalue weighted by molar-refractivity contribution is 5.82. The summed E-state index contributed by atoms with van der Waals surface area (Å²) in [7, 11) is 0. The number of hydrogen-bond acceptors (Lipinski definition) is 5. The summed E-state index contributed by atoms with van der Waals surface area (Å²) < 4.78 is 0. The van der Waals surface area contributed by atoms with Crippen LogP contribution < -0.4 is 0 Å². The van der Waals surface area contributed by atoms with E-state index in [1.165, 1.54) is 24.7 Å². The van der Waals surface area contributed by atoms with E-state index in [1.54, 1.807) is 6.07 Å². The molecule has 76 valence electrons. The fraction of sp³-hybridized carbons (Fsp3) is 0. The molecule has 0 amide bonds. The predicted octanol–water partition coefficient (Wildman–Crippen LogP) is 0.966. The summed E-state index contributed by atoms with van der Waals surface area (Å²) in [5.41, 5.74) is 0.654. The monoisotopic (exact) mass is 204 g/mol. The van der Waals surface area contributed by atoms with Gasteiger partial charge in [0.2, 0.25) is 5.95 Å². The summed E-state index contributed by atoms with van der Waals surface area (Å²) in [5, 5.41) is 24.5. The highest BCUT2D eigenvalue weighted by Gasteiger charge is 1.98. The van der Waals surface area contributed by atoms with Crippen LogP contribution in [0.3, 0.4) is 0 Å². The largest absolute Gasteiger partial charge is 0.504 e. The molecular formula is C9H8N4O2. The molecule has 0 saturated carbocycles. The summed E-state index contributed by atoms with van der Waals surface area (Å²) >= 11 is 0. The highest BCUT2D eigenvalue weighted by atomic mass is 16.3. The van der Waals surface area contributed by atoms with Crippen LogP contribution in [0.2, 0.25) is 0 Å². The molecule has 0 atom stereocenters. The first-order valence-electron chi connectivity index (χ1n) is 4.17.